The first-order valence-corrected chi connectivity index (χ1v) is 8.10. The molecule has 7 heteroatoms. The summed E-state index contributed by atoms with van der Waals surface area (Å²) in [4.78, 5) is 12.6. The summed E-state index contributed by atoms with van der Waals surface area (Å²) >= 11 is 0. The highest BCUT2D eigenvalue weighted by Gasteiger charge is 2.29. The van der Waals surface area contributed by atoms with Gasteiger partial charge in [-0.2, -0.15) is 13.2 Å². The van der Waals surface area contributed by atoms with E-state index in [0.717, 1.165) is 28.5 Å². The van der Waals surface area contributed by atoms with Crippen LogP contribution in [0, 0.1) is 0 Å². The molecule has 0 unspecified atom stereocenters. The molecule has 4 aromatic rings. The number of halogens is 3. The summed E-state index contributed by atoms with van der Waals surface area (Å²) in [7, 11) is 0. The predicted molar refractivity (Wildman–Crippen MR) is 97.5 cm³/mol. The van der Waals surface area contributed by atoms with Crippen LogP contribution in [0.3, 0.4) is 0 Å². The van der Waals surface area contributed by atoms with E-state index in [1.54, 1.807) is 18.5 Å². The molecule has 2 heterocycles. The number of alkyl halides is 3. The molecule has 0 aliphatic rings. The summed E-state index contributed by atoms with van der Waals surface area (Å²) in [6.07, 6.45) is 0.557. The van der Waals surface area contributed by atoms with Gasteiger partial charge in [0.1, 0.15) is 12.1 Å². The molecule has 0 radical (unpaired) electrons. The van der Waals surface area contributed by atoms with Crippen molar-refractivity contribution in [3.63, 3.8) is 0 Å². The Bertz CT molecular complexity index is 1090. The van der Waals surface area contributed by atoms with E-state index in [-0.39, 0.29) is 0 Å². The minimum Gasteiger partial charge on any atom is -0.340 e. The first-order chi connectivity index (χ1) is 13.0. The highest BCUT2D eigenvalue weighted by atomic mass is 19.4. The topological polar surface area (TPSA) is 50.7 Å². The van der Waals surface area contributed by atoms with Gasteiger partial charge in [0.05, 0.1) is 11.3 Å². The maximum absolute atomic E-state index is 12.7. The molecule has 0 aliphatic heterocycles. The second-order valence-corrected chi connectivity index (χ2v) is 5.89. The van der Waals surface area contributed by atoms with Gasteiger partial charge in [-0.3, -0.25) is 4.98 Å². The van der Waals surface area contributed by atoms with Gasteiger partial charge in [-0.05, 0) is 35.7 Å². The summed E-state index contributed by atoms with van der Waals surface area (Å²) in [6.45, 7) is 0. The molecule has 0 aliphatic carbocycles. The van der Waals surface area contributed by atoms with Crippen LogP contribution >= 0.6 is 0 Å². The SMILES string of the molecule is FC(F)(F)c1ccc(Nc2cc(-c3cccc4cnccc34)ncn2)cc1. The number of rotatable bonds is 3. The maximum Gasteiger partial charge on any atom is 0.416 e. The van der Waals surface area contributed by atoms with Crippen molar-refractivity contribution < 1.29 is 13.2 Å². The molecule has 0 amide bonds. The van der Waals surface area contributed by atoms with Crippen LogP contribution in [0.1, 0.15) is 5.56 Å². The largest absolute Gasteiger partial charge is 0.416 e. The molecule has 0 bridgehead atoms. The van der Waals surface area contributed by atoms with Gasteiger partial charge in [-0.15, -0.1) is 0 Å². The van der Waals surface area contributed by atoms with Gasteiger partial charge in [0.15, 0.2) is 0 Å². The molecule has 0 spiro atoms. The van der Waals surface area contributed by atoms with Crippen molar-refractivity contribution in [2.45, 2.75) is 6.18 Å². The normalized spacial score (nSPS) is 11.5. The number of benzene rings is 2. The van der Waals surface area contributed by atoms with Crippen molar-refractivity contribution in [2.75, 3.05) is 5.32 Å². The third kappa shape index (κ3) is 3.57. The Labute approximate surface area is 152 Å². The van der Waals surface area contributed by atoms with E-state index < -0.39 is 11.7 Å². The Morgan fingerprint density at radius 1 is 0.889 bits per heavy atom. The minimum absolute atomic E-state index is 0.491. The van der Waals surface area contributed by atoms with Crippen LogP contribution < -0.4 is 5.32 Å². The quantitative estimate of drug-likeness (QED) is 0.523. The van der Waals surface area contributed by atoms with Crippen LogP contribution in [-0.2, 0) is 6.18 Å². The Hall–Kier alpha value is -3.48. The van der Waals surface area contributed by atoms with E-state index in [1.165, 1.54) is 18.5 Å². The zero-order chi connectivity index (χ0) is 18.9. The third-order valence-corrected chi connectivity index (χ3v) is 4.11. The predicted octanol–water partition coefficient (Wildman–Crippen LogP) is 5.45. The second kappa shape index (κ2) is 6.68. The average Bonchev–Trinajstić information content (AvgIpc) is 2.67. The molecule has 0 saturated carbocycles. The van der Waals surface area contributed by atoms with Gasteiger partial charge >= 0.3 is 6.18 Å². The Morgan fingerprint density at radius 3 is 2.48 bits per heavy atom. The molecule has 0 saturated heterocycles. The zero-order valence-electron chi connectivity index (χ0n) is 13.9. The highest BCUT2D eigenvalue weighted by molar-refractivity contribution is 5.95. The maximum atomic E-state index is 12.7. The summed E-state index contributed by atoms with van der Waals surface area (Å²) in [5.41, 5.74) is 1.44. The molecule has 0 atom stereocenters. The molecule has 27 heavy (non-hydrogen) atoms. The van der Waals surface area contributed by atoms with Crippen LogP contribution in [0.25, 0.3) is 22.0 Å². The van der Waals surface area contributed by atoms with Crippen LogP contribution in [0.5, 0.6) is 0 Å². The Kier molecular flexibility index (Phi) is 4.19. The van der Waals surface area contributed by atoms with Gasteiger partial charge in [-0.1, -0.05) is 18.2 Å². The van der Waals surface area contributed by atoms with Crippen molar-refractivity contribution in [3.05, 3.63) is 78.9 Å². The number of hydrogen-bond acceptors (Lipinski definition) is 4. The summed E-state index contributed by atoms with van der Waals surface area (Å²) in [5, 5.41) is 5.01. The number of hydrogen-bond donors (Lipinski definition) is 1. The van der Waals surface area contributed by atoms with E-state index in [4.69, 9.17) is 0 Å². The van der Waals surface area contributed by atoms with Gasteiger partial charge in [0.25, 0.3) is 0 Å². The smallest absolute Gasteiger partial charge is 0.340 e. The van der Waals surface area contributed by atoms with Gasteiger partial charge in [0.2, 0.25) is 0 Å². The van der Waals surface area contributed by atoms with Gasteiger partial charge in [-0.25, -0.2) is 9.97 Å². The second-order valence-electron chi connectivity index (χ2n) is 5.89. The molecule has 0 fully saturated rings. The number of anilines is 2. The standard InChI is InChI=1S/C20H13F3N4/c21-20(22,23)14-4-6-15(7-5-14)27-19-10-18(25-12-26-19)17-3-1-2-13-11-24-9-8-16(13)17/h1-12H,(H,25,26,27). The Balaban J connectivity index is 1.65. The lowest BCUT2D eigenvalue weighted by atomic mass is 10.0. The van der Waals surface area contributed by atoms with Crippen LogP contribution in [0.15, 0.2) is 73.3 Å². The van der Waals surface area contributed by atoms with Gasteiger partial charge < -0.3 is 5.32 Å². The van der Waals surface area contributed by atoms with E-state index in [1.807, 2.05) is 24.3 Å². The van der Waals surface area contributed by atoms with Crippen LogP contribution in [-0.4, -0.2) is 15.0 Å². The fourth-order valence-electron chi connectivity index (χ4n) is 2.81. The molecule has 4 nitrogen and oxygen atoms in total. The molecule has 1 N–H and O–H groups in total. The van der Waals surface area contributed by atoms with E-state index in [2.05, 4.69) is 20.3 Å². The van der Waals surface area contributed by atoms with Crippen LogP contribution in [0.4, 0.5) is 24.7 Å². The molecule has 4 rings (SSSR count). The lowest BCUT2D eigenvalue weighted by Crippen LogP contribution is -2.04. The molecule has 2 aromatic heterocycles. The fraction of sp³-hybridized carbons (Fsp3) is 0.0500. The third-order valence-electron chi connectivity index (χ3n) is 4.11. The van der Waals surface area contributed by atoms with Crippen molar-refractivity contribution >= 4 is 22.3 Å². The van der Waals surface area contributed by atoms with Crippen molar-refractivity contribution in [1.29, 1.82) is 0 Å². The number of nitrogens with one attached hydrogen (secondary N) is 1. The monoisotopic (exact) mass is 366 g/mol. The zero-order valence-corrected chi connectivity index (χ0v) is 13.9. The lowest BCUT2D eigenvalue weighted by Gasteiger charge is -2.10. The lowest BCUT2D eigenvalue weighted by molar-refractivity contribution is -0.137. The minimum atomic E-state index is -4.36. The first kappa shape index (κ1) is 17.0. The molecular formula is C20H13F3N4. The number of fused-ring (bicyclic) bond motifs is 1. The first-order valence-electron chi connectivity index (χ1n) is 8.10. The fourth-order valence-corrected chi connectivity index (χ4v) is 2.81. The van der Waals surface area contributed by atoms with E-state index in [9.17, 15) is 13.2 Å². The molecular weight excluding hydrogens is 353 g/mol. The summed E-state index contributed by atoms with van der Waals surface area (Å²) in [6, 6.07) is 14.3. The summed E-state index contributed by atoms with van der Waals surface area (Å²) < 4.78 is 38.0. The van der Waals surface area contributed by atoms with E-state index >= 15 is 0 Å². The molecule has 2 aromatic carbocycles. The highest BCUT2D eigenvalue weighted by Crippen LogP contribution is 2.31. The van der Waals surface area contributed by atoms with Crippen molar-refractivity contribution in [1.82, 2.24) is 15.0 Å². The average molecular weight is 366 g/mol. The number of pyridine rings is 1. The Morgan fingerprint density at radius 2 is 1.70 bits per heavy atom. The van der Waals surface area contributed by atoms with Crippen molar-refractivity contribution in [2.24, 2.45) is 0 Å². The van der Waals surface area contributed by atoms with Gasteiger partial charge in [0, 0.05) is 35.1 Å². The number of aromatic nitrogens is 3. The summed E-state index contributed by atoms with van der Waals surface area (Å²) in [5.74, 6) is 0.491. The van der Waals surface area contributed by atoms with Crippen LogP contribution in [0.2, 0.25) is 0 Å². The molecule has 134 valence electrons. The van der Waals surface area contributed by atoms with Crippen molar-refractivity contribution in [3.8, 4) is 11.3 Å². The number of nitrogens with zero attached hydrogens (tertiary/aromatic N) is 3. The van der Waals surface area contributed by atoms with E-state index in [0.29, 0.717) is 17.2 Å².